The third-order valence-corrected chi connectivity index (χ3v) is 5.70. The number of carbonyl (C=O) groups is 2. The normalized spacial score (nSPS) is 15.8. The quantitative estimate of drug-likeness (QED) is 0.667. The van der Waals surface area contributed by atoms with Gasteiger partial charge in [0, 0.05) is 31.5 Å². The van der Waals surface area contributed by atoms with E-state index in [1.54, 1.807) is 4.90 Å². The van der Waals surface area contributed by atoms with Gasteiger partial charge >= 0.3 is 0 Å². The molecule has 1 aliphatic heterocycles. The zero-order valence-electron chi connectivity index (χ0n) is 18.6. The first-order valence-corrected chi connectivity index (χ1v) is 10.8. The molecule has 1 fully saturated rings. The van der Waals surface area contributed by atoms with Crippen molar-refractivity contribution in [3.8, 4) is 0 Å². The number of carbonyl (C=O) groups excluding carboxylic acids is 2. The Balaban J connectivity index is 1.46. The molecule has 2 N–H and O–H groups in total. The predicted molar refractivity (Wildman–Crippen MR) is 122 cm³/mol. The van der Waals surface area contributed by atoms with Crippen LogP contribution in [0.2, 0.25) is 0 Å². The van der Waals surface area contributed by atoms with Gasteiger partial charge in [-0.2, -0.15) is 0 Å². The Kier molecular flexibility index (Phi) is 8.03. The lowest BCUT2D eigenvalue weighted by atomic mass is 10.1. The fourth-order valence-corrected chi connectivity index (χ4v) is 3.67. The number of likely N-dealkylation sites (N-methyl/N-ethyl adjacent to an activating group) is 2. The number of nitrogens with zero attached hydrogens (tertiary/aromatic N) is 2. The molecule has 2 amide bonds. The first-order chi connectivity index (χ1) is 14.9. The zero-order chi connectivity index (χ0) is 22.2. The van der Waals surface area contributed by atoms with E-state index in [0.29, 0.717) is 0 Å². The molecule has 3 rings (SSSR count). The minimum atomic E-state index is -0.108. The van der Waals surface area contributed by atoms with Crippen LogP contribution in [0.1, 0.15) is 18.5 Å². The van der Waals surface area contributed by atoms with Gasteiger partial charge in [-0.15, -0.1) is 0 Å². The number of amides is 2. The van der Waals surface area contributed by atoms with Gasteiger partial charge in [-0.3, -0.25) is 9.59 Å². The summed E-state index contributed by atoms with van der Waals surface area (Å²) in [6.45, 7) is 5.74. The number of benzene rings is 2. The number of hydrogen-bond donors (Lipinski definition) is 2. The van der Waals surface area contributed by atoms with E-state index < -0.39 is 0 Å². The maximum absolute atomic E-state index is 12.7. The maximum atomic E-state index is 12.7. The molecule has 31 heavy (non-hydrogen) atoms. The molecule has 1 aliphatic rings. The first-order valence-electron chi connectivity index (χ1n) is 10.8. The van der Waals surface area contributed by atoms with Crippen LogP contribution in [0.15, 0.2) is 54.6 Å². The number of hydrogen-bond acceptors (Lipinski definition) is 4. The number of anilines is 2. The lowest BCUT2D eigenvalue weighted by Crippen LogP contribution is -3.11. The van der Waals surface area contributed by atoms with Gasteiger partial charge in [0.2, 0.25) is 0 Å². The first kappa shape index (κ1) is 22.8. The number of morpholine rings is 1. The van der Waals surface area contributed by atoms with E-state index in [-0.39, 0.29) is 30.9 Å². The lowest BCUT2D eigenvalue weighted by Gasteiger charge is -2.28. The molecule has 2 atom stereocenters. The van der Waals surface area contributed by atoms with Gasteiger partial charge in [-0.05, 0) is 36.8 Å². The monoisotopic (exact) mass is 425 g/mol. The molecule has 1 heterocycles. The lowest BCUT2D eigenvalue weighted by molar-refractivity contribution is -0.862. The van der Waals surface area contributed by atoms with E-state index >= 15 is 0 Å². The standard InChI is InChI=1S/C24H32N4O3/c1-19(20-7-5-4-6-8-20)27(3)24(30)18-26(2)17-23(29)25-21-9-11-22(12-10-21)28-13-15-31-16-14-28/h4-12,19H,13-18H2,1-3H3,(H,25,29)/p+1/t19-/m0/s1. The molecule has 2 aromatic rings. The van der Waals surface area contributed by atoms with Crippen LogP contribution in [0.4, 0.5) is 11.4 Å². The molecule has 1 unspecified atom stereocenters. The highest BCUT2D eigenvalue weighted by atomic mass is 16.5. The molecule has 7 nitrogen and oxygen atoms in total. The van der Waals surface area contributed by atoms with Gasteiger partial charge < -0.3 is 24.8 Å². The molecular formula is C24H33N4O3+. The summed E-state index contributed by atoms with van der Waals surface area (Å²) in [4.78, 5) is 29.9. The SMILES string of the molecule is C[C@@H](c1ccccc1)N(C)C(=O)C[NH+](C)CC(=O)Nc1ccc(N2CCOCC2)cc1. The minimum absolute atomic E-state index is 0.0107. The van der Waals surface area contributed by atoms with Gasteiger partial charge in [0.05, 0.1) is 26.3 Å². The fraction of sp³-hybridized carbons (Fsp3) is 0.417. The van der Waals surface area contributed by atoms with Gasteiger partial charge in [-0.25, -0.2) is 0 Å². The summed E-state index contributed by atoms with van der Waals surface area (Å²) in [5, 5.41) is 2.93. The minimum Gasteiger partial charge on any atom is -0.378 e. The van der Waals surface area contributed by atoms with Crippen molar-refractivity contribution in [1.82, 2.24) is 4.90 Å². The molecule has 0 spiro atoms. The second-order valence-corrected chi connectivity index (χ2v) is 8.10. The van der Waals surface area contributed by atoms with Gasteiger partial charge in [0.1, 0.15) is 0 Å². The van der Waals surface area contributed by atoms with Gasteiger partial charge in [0.25, 0.3) is 11.8 Å². The third kappa shape index (κ3) is 6.54. The molecule has 2 aromatic carbocycles. The molecule has 0 radical (unpaired) electrons. The summed E-state index contributed by atoms with van der Waals surface area (Å²) in [5.41, 5.74) is 2.98. The van der Waals surface area contributed by atoms with Gasteiger partial charge in [-0.1, -0.05) is 30.3 Å². The highest BCUT2D eigenvalue weighted by Gasteiger charge is 2.21. The van der Waals surface area contributed by atoms with Crippen molar-refractivity contribution < 1.29 is 19.2 Å². The van der Waals surface area contributed by atoms with Crippen molar-refractivity contribution in [2.24, 2.45) is 0 Å². The zero-order valence-corrected chi connectivity index (χ0v) is 18.6. The maximum Gasteiger partial charge on any atom is 0.279 e. The van der Waals surface area contributed by atoms with Crippen LogP contribution >= 0.6 is 0 Å². The smallest absolute Gasteiger partial charge is 0.279 e. The van der Waals surface area contributed by atoms with Crippen molar-refractivity contribution in [1.29, 1.82) is 0 Å². The van der Waals surface area contributed by atoms with Crippen molar-refractivity contribution in [2.75, 3.05) is 63.7 Å². The van der Waals surface area contributed by atoms with E-state index in [1.807, 2.05) is 75.6 Å². The van der Waals surface area contributed by atoms with Crippen LogP contribution < -0.4 is 15.1 Å². The highest BCUT2D eigenvalue weighted by Crippen LogP contribution is 2.19. The van der Waals surface area contributed by atoms with Crippen molar-refractivity contribution in [3.05, 3.63) is 60.2 Å². The molecule has 0 bridgehead atoms. The van der Waals surface area contributed by atoms with Crippen molar-refractivity contribution >= 4 is 23.2 Å². The summed E-state index contributed by atoms with van der Waals surface area (Å²) in [6.07, 6.45) is 0. The van der Waals surface area contributed by atoms with Gasteiger partial charge in [0.15, 0.2) is 13.1 Å². The summed E-state index contributed by atoms with van der Waals surface area (Å²) in [5.74, 6) is -0.0975. The average molecular weight is 426 g/mol. The Bertz CT molecular complexity index is 851. The highest BCUT2D eigenvalue weighted by molar-refractivity contribution is 5.91. The fourth-order valence-electron chi connectivity index (χ4n) is 3.67. The second kappa shape index (κ2) is 10.9. The summed E-state index contributed by atoms with van der Waals surface area (Å²) < 4.78 is 5.38. The number of ether oxygens (including phenoxy) is 1. The van der Waals surface area contributed by atoms with Crippen molar-refractivity contribution in [2.45, 2.75) is 13.0 Å². The third-order valence-electron chi connectivity index (χ3n) is 5.70. The number of rotatable bonds is 8. The summed E-state index contributed by atoms with van der Waals surface area (Å²) in [6, 6.07) is 17.8. The topological polar surface area (TPSA) is 66.3 Å². The van der Waals surface area contributed by atoms with E-state index in [9.17, 15) is 9.59 Å². The Morgan fingerprint density at radius 3 is 2.35 bits per heavy atom. The number of quaternary nitrogens is 1. The Morgan fingerprint density at radius 2 is 1.71 bits per heavy atom. The molecule has 166 valence electrons. The second-order valence-electron chi connectivity index (χ2n) is 8.10. The summed E-state index contributed by atoms with van der Waals surface area (Å²) in [7, 11) is 3.67. The van der Waals surface area contributed by atoms with Crippen LogP contribution in [0, 0.1) is 0 Å². The van der Waals surface area contributed by atoms with Crippen LogP contribution in [-0.2, 0) is 14.3 Å². The Hall–Kier alpha value is -2.90. The Labute approximate surface area is 184 Å². The molecular weight excluding hydrogens is 392 g/mol. The largest absolute Gasteiger partial charge is 0.378 e. The Morgan fingerprint density at radius 1 is 1.06 bits per heavy atom. The summed E-state index contributed by atoms with van der Waals surface area (Å²) >= 11 is 0. The van der Waals surface area contributed by atoms with E-state index in [2.05, 4.69) is 10.2 Å². The van der Waals surface area contributed by atoms with E-state index in [4.69, 9.17) is 4.74 Å². The molecule has 0 saturated carbocycles. The average Bonchev–Trinajstić information content (AvgIpc) is 2.79. The van der Waals surface area contributed by atoms with Crippen LogP contribution in [0.25, 0.3) is 0 Å². The predicted octanol–water partition coefficient (Wildman–Crippen LogP) is 1.20. The molecule has 0 aromatic heterocycles. The number of nitrogens with one attached hydrogen (secondary N) is 2. The molecule has 7 heteroatoms. The van der Waals surface area contributed by atoms with Crippen LogP contribution in [0.3, 0.4) is 0 Å². The van der Waals surface area contributed by atoms with Crippen LogP contribution in [-0.4, -0.2) is 70.2 Å². The van der Waals surface area contributed by atoms with Crippen LogP contribution in [0.5, 0.6) is 0 Å². The van der Waals surface area contributed by atoms with E-state index in [1.165, 1.54) is 0 Å². The van der Waals surface area contributed by atoms with E-state index in [0.717, 1.165) is 48.1 Å². The van der Waals surface area contributed by atoms with Crippen molar-refractivity contribution in [3.63, 3.8) is 0 Å². The molecule has 1 saturated heterocycles. The molecule has 0 aliphatic carbocycles.